The molecule has 0 bridgehead atoms. The summed E-state index contributed by atoms with van der Waals surface area (Å²) in [5.41, 5.74) is 2.35. The van der Waals surface area contributed by atoms with E-state index in [9.17, 15) is 4.39 Å². The predicted octanol–water partition coefficient (Wildman–Crippen LogP) is 4.53. The van der Waals surface area contributed by atoms with Gasteiger partial charge in [0, 0.05) is 24.5 Å². The summed E-state index contributed by atoms with van der Waals surface area (Å²) >= 11 is 1.75. The Balaban J connectivity index is 1.44. The van der Waals surface area contributed by atoms with E-state index in [-0.39, 0.29) is 11.9 Å². The van der Waals surface area contributed by atoms with Crippen LogP contribution >= 0.6 is 11.3 Å². The molecule has 1 atom stereocenters. The molecule has 176 valence electrons. The molecule has 0 radical (unpaired) electrons. The molecule has 8 heteroatoms. The fourth-order valence-electron chi connectivity index (χ4n) is 4.86. The molecule has 0 spiro atoms. The van der Waals surface area contributed by atoms with Crippen LogP contribution in [-0.2, 0) is 11.3 Å². The third-order valence-corrected chi connectivity index (χ3v) is 7.94. The molecule has 5 rings (SSSR count). The highest BCUT2D eigenvalue weighted by Gasteiger charge is 2.24. The van der Waals surface area contributed by atoms with Crippen molar-refractivity contribution < 1.29 is 9.13 Å². The molecule has 0 unspecified atom stereocenters. The second-order valence-electron chi connectivity index (χ2n) is 9.03. The highest BCUT2D eigenvalue weighted by atomic mass is 32.1. The summed E-state index contributed by atoms with van der Waals surface area (Å²) in [6.07, 6.45) is 2.51. The van der Waals surface area contributed by atoms with Crippen molar-refractivity contribution in [1.82, 2.24) is 19.8 Å². The molecule has 2 aromatic heterocycles. The van der Waals surface area contributed by atoms with Crippen LogP contribution < -0.4 is 5.32 Å². The first-order valence-corrected chi connectivity index (χ1v) is 12.7. The lowest BCUT2D eigenvalue weighted by Gasteiger charge is -2.35. The predicted molar refractivity (Wildman–Crippen MR) is 131 cm³/mol. The minimum absolute atomic E-state index is 0.113. The van der Waals surface area contributed by atoms with Gasteiger partial charge in [0.2, 0.25) is 0 Å². The number of ether oxygens (including phenoxy) is 1. The molecule has 2 aliphatic rings. The van der Waals surface area contributed by atoms with Gasteiger partial charge in [-0.15, -0.1) is 11.3 Å². The van der Waals surface area contributed by atoms with E-state index in [0.717, 1.165) is 73.4 Å². The number of likely N-dealkylation sites (tertiary alicyclic amines) is 1. The first kappa shape index (κ1) is 22.7. The number of thiophene rings is 1. The molecule has 4 heterocycles. The largest absolute Gasteiger partial charge is 0.379 e. The van der Waals surface area contributed by atoms with Crippen molar-refractivity contribution in [2.45, 2.75) is 39.3 Å². The quantitative estimate of drug-likeness (QED) is 0.549. The number of benzene rings is 1. The van der Waals surface area contributed by atoms with Crippen molar-refractivity contribution in [3.05, 3.63) is 51.9 Å². The van der Waals surface area contributed by atoms with Crippen LogP contribution in [0.5, 0.6) is 0 Å². The Bertz CT molecular complexity index is 1090. The van der Waals surface area contributed by atoms with E-state index < -0.39 is 0 Å². The molecule has 0 aliphatic carbocycles. The van der Waals surface area contributed by atoms with Crippen LogP contribution in [0.1, 0.15) is 40.7 Å². The average Bonchev–Trinajstić information content (AvgIpc) is 3.43. The van der Waals surface area contributed by atoms with Gasteiger partial charge in [0.1, 0.15) is 22.3 Å². The van der Waals surface area contributed by atoms with Crippen LogP contribution in [0.2, 0.25) is 0 Å². The van der Waals surface area contributed by atoms with Crippen molar-refractivity contribution in [3.63, 3.8) is 0 Å². The first-order chi connectivity index (χ1) is 16.1. The number of aromatic nitrogens is 2. The summed E-state index contributed by atoms with van der Waals surface area (Å²) in [4.78, 5) is 17.1. The van der Waals surface area contributed by atoms with Crippen LogP contribution in [0.3, 0.4) is 0 Å². The van der Waals surface area contributed by atoms with Gasteiger partial charge in [-0.05, 0) is 63.0 Å². The second-order valence-corrected chi connectivity index (χ2v) is 10.2. The smallest absolute Gasteiger partial charge is 0.146 e. The van der Waals surface area contributed by atoms with Crippen LogP contribution in [0, 0.1) is 19.7 Å². The van der Waals surface area contributed by atoms with Gasteiger partial charge in [-0.25, -0.2) is 14.4 Å². The Morgan fingerprint density at radius 1 is 1.06 bits per heavy atom. The summed E-state index contributed by atoms with van der Waals surface area (Å²) in [6.45, 7) is 11.2. The van der Waals surface area contributed by atoms with E-state index in [1.54, 1.807) is 23.5 Å². The molecule has 6 nitrogen and oxygen atoms in total. The normalized spacial score (nSPS) is 18.8. The average molecular weight is 470 g/mol. The van der Waals surface area contributed by atoms with E-state index in [1.807, 2.05) is 12.1 Å². The molecule has 2 aliphatic heterocycles. The van der Waals surface area contributed by atoms with E-state index in [0.29, 0.717) is 6.54 Å². The minimum Gasteiger partial charge on any atom is -0.379 e. The van der Waals surface area contributed by atoms with Gasteiger partial charge in [0.25, 0.3) is 0 Å². The number of rotatable bonds is 7. The Hall–Kier alpha value is -2.13. The number of hydrogen-bond acceptors (Lipinski definition) is 7. The monoisotopic (exact) mass is 469 g/mol. The van der Waals surface area contributed by atoms with Gasteiger partial charge in [0.15, 0.2) is 0 Å². The number of anilines is 1. The number of halogens is 1. The maximum atomic E-state index is 13.6. The Kier molecular flexibility index (Phi) is 6.87. The van der Waals surface area contributed by atoms with Gasteiger partial charge >= 0.3 is 0 Å². The Morgan fingerprint density at radius 2 is 1.79 bits per heavy atom. The molecule has 0 saturated carbocycles. The number of nitrogens with one attached hydrogen (secondary N) is 1. The Morgan fingerprint density at radius 3 is 2.52 bits per heavy atom. The lowest BCUT2D eigenvalue weighted by atomic mass is 10.0. The van der Waals surface area contributed by atoms with Crippen LogP contribution in [0.15, 0.2) is 24.3 Å². The SMILES string of the molecule is Cc1sc2nc(CN3CCCC3)nc(NC[C@@H](c3ccc(F)cc3)N3CCOCC3)c2c1C. The molecule has 2 fully saturated rings. The number of aryl methyl sites for hydroxylation is 2. The van der Waals surface area contributed by atoms with Crippen molar-refractivity contribution in [3.8, 4) is 0 Å². The van der Waals surface area contributed by atoms with Gasteiger partial charge in [-0.2, -0.15) is 0 Å². The van der Waals surface area contributed by atoms with Crippen LogP contribution in [-0.4, -0.2) is 65.7 Å². The van der Waals surface area contributed by atoms with Gasteiger partial charge in [-0.3, -0.25) is 9.80 Å². The fraction of sp³-hybridized carbons (Fsp3) is 0.520. The van der Waals surface area contributed by atoms with Gasteiger partial charge in [-0.1, -0.05) is 12.1 Å². The molecular formula is C25H32FN5OS. The second kappa shape index (κ2) is 10.0. The number of fused-ring (bicyclic) bond motifs is 1. The topological polar surface area (TPSA) is 53.5 Å². The van der Waals surface area contributed by atoms with E-state index in [2.05, 4.69) is 29.0 Å². The molecule has 3 aromatic rings. The van der Waals surface area contributed by atoms with Crippen LogP contribution in [0.25, 0.3) is 10.2 Å². The van der Waals surface area contributed by atoms with Crippen molar-refractivity contribution >= 4 is 27.4 Å². The molecule has 1 aromatic carbocycles. The molecule has 0 amide bonds. The number of nitrogens with zero attached hydrogens (tertiary/aromatic N) is 4. The summed E-state index contributed by atoms with van der Waals surface area (Å²) < 4.78 is 19.2. The minimum atomic E-state index is -0.208. The number of morpholine rings is 1. The van der Waals surface area contributed by atoms with Crippen molar-refractivity contribution in [2.75, 3.05) is 51.3 Å². The first-order valence-electron chi connectivity index (χ1n) is 11.9. The third-order valence-electron chi connectivity index (χ3n) is 6.84. The van der Waals surface area contributed by atoms with E-state index >= 15 is 0 Å². The fourth-order valence-corrected chi connectivity index (χ4v) is 5.91. The van der Waals surface area contributed by atoms with Crippen molar-refractivity contribution in [1.29, 1.82) is 0 Å². The van der Waals surface area contributed by atoms with Gasteiger partial charge in [0.05, 0.1) is 31.2 Å². The highest BCUT2D eigenvalue weighted by molar-refractivity contribution is 7.18. The molecular weight excluding hydrogens is 437 g/mol. The maximum Gasteiger partial charge on any atom is 0.146 e. The lowest BCUT2D eigenvalue weighted by molar-refractivity contribution is 0.0187. The Labute approximate surface area is 198 Å². The third kappa shape index (κ3) is 5.04. The summed E-state index contributed by atoms with van der Waals surface area (Å²) in [5, 5.41) is 4.81. The zero-order valence-corrected chi connectivity index (χ0v) is 20.3. The maximum absolute atomic E-state index is 13.6. The molecule has 33 heavy (non-hydrogen) atoms. The molecule has 2 saturated heterocycles. The zero-order chi connectivity index (χ0) is 22.8. The lowest BCUT2D eigenvalue weighted by Crippen LogP contribution is -2.41. The standard InChI is InChI=1S/C25H32FN5OS/c1-17-18(2)33-25-23(17)24(28-22(29-25)16-30-9-3-4-10-30)27-15-21(31-11-13-32-14-12-31)19-5-7-20(26)8-6-19/h5-8,21H,3-4,9-16H2,1-2H3,(H,27,28,29)/t21-/m0/s1. The van der Waals surface area contributed by atoms with E-state index in [1.165, 1.54) is 23.3 Å². The summed E-state index contributed by atoms with van der Waals surface area (Å²) in [7, 11) is 0. The van der Waals surface area contributed by atoms with Crippen LogP contribution in [0.4, 0.5) is 10.2 Å². The van der Waals surface area contributed by atoms with Crippen molar-refractivity contribution in [2.24, 2.45) is 0 Å². The zero-order valence-electron chi connectivity index (χ0n) is 19.4. The van der Waals surface area contributed by atoms with E-state index in [4.69, 9.17) is 14.7 Å². The number of hydrogen-bond donors (Lipinski definition) is 1. The summed E-state index contributed by atoms with van der Waals surface area (Å²) in [5.74, 6) is 1.59. The van der Waals surface area contributed by atoms with Gasteiger partial charge < -0.3 is 10.1 Å². The molecule has 1 N–H and O–H groups in total. The summed E-state index contributed by atoms with van der Waals surface area (Å²) in [6, 6.07) is 7.00. The highest BCUT2D eigenvalue weighted by Crippen LogP contribution is 2.34.